The van der Waals surface area contributed by atoms with Gasteiger partial charge in [-0.15, -0.1) is 11.8 Å². The lowest BCUT2D eigenvalue weighted by atomic mass is 10.4. The van der Waals surface area contributed by atoms with Crippen LogP contribution in [0.2, 0.25) is 0 Å². The number of hydrogen-bond acceptors (Lipinski definition) is 3. The molecule has 1 aromatic rings. The van der Waals surface area contributed by atoms with Gasteiger partial charge in [-0.2, -0.15) is 0 Å². The van der Waals surface area contributed by atoms with Crippen LogP contribution in [0.4, 0.5) is 0 Å². The summed E-state index contributed by atoms with van der Waals surface area (Å²) < 4.78 is 0. The van der Waals surface area contributed by atoms with Gasteiger partial charge in [0.2, 0.25) is 0 Å². The summed E-state index contributed by atoms with van der Waals surface area (Å²) in [7, 11) is 0. The van der Waals surface area contributed by atoms with E-state index in [0.717, 1.165) is 0 Å². The van der Waals surface area contributed by atoms with Crippen molar-refractivity contribution in [2.75, 3.05) is 6.54 Å². The van der Waals surface area contributed by atoms with Gasteiger partial charge < -0.3 is 5.32 Å². The molecule has 4 nitrogen and oxygen atoms in total. The molecule has 0 unspecified atom stereocenters. The van der Waals surface area contributed by atoms with E-state index in [0.29, 0.717) is 18.7 Å². The summed E-state index contributed by atoms with van der Waals surface area (Å²) in [6.07, 6.45) is 5.10. The van der Waals surface area contributed by atoms with Gasteiger partial charge in [0.15, 0.2) is 0 Å². The maximum atomic E-state index is 11.3. The third-order valence-electron chi connectivity index (χ3n) is 1.51. The van der Waals surface area contributed by atoms with E-state index in [9.17, 15) is 4.79 Å². The Balaban J connectivity index is 2.39. The minimum atomic E-state index is -0.212. The second kappa shape index (κ2) is 5.70. The van der Waals surface area contributed by atoms with Crippen LogP contribution in [0.25, 0.3) is 0 Å². The number of carbonyl (C=O) groups excluding carboxylic acids is 1. The molecule has 0 aliphatic rings. The molecule has 14 heavy (non-hydrogen) atoms. The van der Waals surface area contributed by atoms with Crippen LogP contribution in [0.1, 0.15) is 23.8 Å². The van der Waals surface area contributed by atoms with E-state index < -0.39 is 0 Å². The summed E-state index contributed by atoms with van der Waals surface area (Å²) in [4.78, 5) is 19.0. The van der Waals surface area contributed by atoms with Gasteiger partial charge >= 0.3 is 0 Å². The summed E-state index contributed by atoms with van der Waals surface area (Å²) in [5, 5.41) is 2.69. The molecular formula is C10H11N3O. The molecule has 0 aromatic carbocycles. The first kappa shape index (κ1) is 10.2. The van der Waals surface area contributed by atoms with Crippen molar-refractivity contribution in [2.45, 2.75) is 13.3 Å². The van der Waals surface area contributed by atoms with Crippen LogP contribution in [0.3, 0.4) is 0 Å². The highest BCUT2D eigenvalue weighted by molar-refractivity contribution is 5.91. The highest BCUT2D eigenvalue weighted by Crippen LogP contribution is 1.89. The van der Waals surface area contributed by atoms with E-state index >= 15 is 0 Å². The van der Waals surface area contributed by atoms with Gasteiger partial charge in [0.1, 0.15) is 5.69 Å². The predicted molar refractivity (Wildman–Crippen MR) is 52.4 cm³/mol. The molecule has 0 bridgehead atoms. The van der Waals surface area contributed by atoms with E-state index in [1.54, 1.807) is 6.92 Å². The van der Waals surface area contributed by atoms with E-state index in [2.05, 4.69) is 27.1 Å². The Morgan fingerprint density at radius 1 is 1.57 bits per heavy atom. The highest BCUT2D eigenvalue weighted by atomic mass is 16.1. The molecule has 0 atom stereocenters. The first-order valence-electron chi connectivity index (χ1n) is 4.28. The van der Waals surface area contributed by atoms with Crippen LogP contribution >= 0.6 is 0 Å². The van der Waals surface area contributed by atoms with E-state index in [-0.39, 0.29) is 5.91 Å². The van der Waals surface area contributed by atoms with Gasteiger partial charge in [0, 0.05) is 25.4 Å². The zero-order chi connectivity index (χ0) is 10.2. The molecule has 0 saturated heterocycles. The first-order valence-corrected chi connectivity index (χ1v) is 4.28. The Hall–Kier alpha value is -1.89. The van der Waals surface area contributed by atoms with Crippen molar-refractivity contribution in [3.63, 3.8) is 0 Å². The molecule has 0 aliphatic heterocycles. The molecule has 72 valence electrons. The fraction of sp³-hybridized carbons (Fsp3) is 0.300. The standard InChI is InChI=1S/C10H11N3O/c1-2-3-4-5-13-10(14)9-8-11-6-7-12-9/h6-8H,4-5H2,1H3,(H,13,14). The van der Waals surface area contributed by atoms with Crippen molar-refractivity contribution in [2.24, 2.45) is 0 Å². The summed E-state index contributed by atoms with van der Waals surface area (Å²) in [6.45, 7) is 2.31. The molecule has 1 N–H and O–H groups in total. The molecule has 0 spiro atoms. The number of rotatable bonds is 3. The quantitative estimate of drug-likeness (QED) is 0.560. The van der Waals surface area contributed by atoms with Crippen molar-refractivity contribution in [3.05, 3.63) is 24.3 Å². The maximum Gasteiger partial charge on any atom is 0.271 e. The lowest BCUT2D eigenvalue weighted by molar-refractivity contribution is 0.0949. The molecular weight excluding hydrogens is 178 g/mol. The van der Waals surface area contributed by atoms with Crippen molar-refractivity contribution in [3.8, 4) is 11.8 Å². The maximum absolute atomic E-state index is 11.3. The van der Waals surface area contributed by atoms with Gasteiger partial charge in [-0.05, 0) is 6.92 Å². The van der Waals surface area contributed by atoms with Crippen molar-refractivity contribution < 1.29 is 4.79 Å². The molecule has 0 radical (unpaired) electrons. The summed E-state index contributed by atoms with van der Waals surface area (Å²) in [6, 6.07) is 0. The van der Waals surface area contributed by atoms with Gasteiger partial charge in [0.05, 0.1) is 6.20 Å². The normalized spacial score (nSPS) is 8.64. The number of aromatic nitrogens is 2. The minimum Gasteiger partial charge on any atom is -0.350 e. The van der Waals surface area contributed by atoms with Crippen molar-refractivity contribution >= 4 is 5.91 Å². The Morgan fingerprint density at radius 2 is 2.43 bits per heavy atom. The zero-order valence-corrected chi connectivity index (χ0v) is 7.95. The third-order valence-corrected chi connectivity index (χ3v) is 1.51. The fourth-order valence-corrected chi connectivity index (χ4v) is 0.870. The lowest BCUT2D eigenvalue weighted by Crippen LogP contribution is -2.25. The molecule has 1 amide bonds. The van der Waals surface area contributed by atoms with Gasteiger partial charge in [0.25, 0.3) is 5.91 Å². The number of nitrogens with zero attached hydrogens (tertiary/aromatic N) is 2. The molecule has 0 fully saturated rings. The van der Waals surface area contributed by atoms with E-state index in [1.807, 2.05) is 0 Å². The minimum absolute atomic E-state index is 0.212. The van der Waals surface area contributed by atoms with E-state index in [1.165, 1.54) is 18.6 Å². The number of nitrogens with one attached hydrogen (secondary N) is 1. The van der Waals surface area contributed by atoms with Crippen LogP contribution in [-0.4, -0.2) is 22.4 Å². The average Bonchev–Trinajstić information content (AvgIpc) is 2.25. The Morgan fingerprint density at radius 3 is 3.07 bits per heavy atom. The topological polar surface area (TPSA) is 54.9 Å². The molecule has 0 aliphatic carbocycles. The predicted octanol–water partition coefficient (Wildman–Crippen LogP) is 0.620. The van der Waals surface area contributed by atoms with Crippen LogP contribution in [0.15, 0.2) is 18.6 Å². The number of hydrogen-bond donors (Lipinski definition) is 1. The molecule has 1 aromatic heterocycles. The second-order valence-corrected chi connectivity index (χ2v) is 2.52. The summed E-state index contributed by atoms with van der Waals surface area (Å²) in [5.74, 6) is 5.39. The fourth-order valence-electron chi connectivity index (χ4n) is 0.870. The highest BCUT2D eigenvalue weighted by Gasteiger charge is 2.04. The average molecular weight is 189 g/mol. The summed E-state index contributed by atoms with van der Waals surface area (Å²) in [5.41, 5.74) is 0.331. The van der Waals surface area contributed by atoms with Crippen molar-refractivity contribution in [1.29, 1.82) is 0 Å². The Bertz CT molecular complexity index is 351. The smallest absolute Gasteiger partial charge is 0.271 e. The van der Waals surface area contributed by atoms with Crippen LogP contribution in [0.5, 0.6) is 0 Å². The van der Waals surface area contributed by atoms with E-state index in [4.69, 9.17) is 0 Å². The SMILES string of the molecule is CC#CCCNC(=O)c1cnccn1. The first-order chi connectivity index (χ1) is 6.84. The van der Waals surface area contributed by atoms with Gasteiger partial charge in [-0.1, -0.05) is 0 Å². The Labute approximate surface area is 82.8 Å². The van der Waals surface area contributed by atoms with Crippen molar-refractivity contribution in [1.82, 2.24) is 15.3 Å². The number of amides is 1. The Kier molecular flexibility index (Phi) is 4.15. The van der Waals surface area contributed by atoms with Gasteiger partial charge in [-0.3, -0.25) is 9.78 Å². The molecule has 1 rings (SSSR count). The van der Waals surface area contributed by atoms with Crippen LogP contribution in [0, 0.1) is 11.8 Å². The molecule has 4 heteroatoms. The summed E-state index contributed by atoms with van der Waals surface area (Å²) >= 11 is 0. The molecule has 0 saturated carbocycles. The zero-order valence-electron chi connectivity index (χ0n) is 7.95. The second-order valence-electron chi connectivity index (χ2n) is 2.52. The molecule has 1 heterocycles. The van der Waals surface area contributed by atoms with Crippen LogP contribution < -0.4 is 5.32 Å². The number of carbonyl (C=O) groups is 1. The lowest BCUT2D eigenvalue weighted by Gasteiger charge is -2.00. The largest absolute Gasteiger partial charge is 0.350 e. The van der Waals surface area contributed by atoms with Crippen LogP contribution in [-0.2, 0) is 0 Å². The monoisotopic (exact) mass is 189 g/mol. The third kappa shape index (κ3) is 3.23. The van der Waals surface area contributed by atoms with Gasteiger partial charge in [-0.25, -0.2) is 4.98 Å².